The van der Waals surface area contributed by atoms with Gasteiger partial charge in [-0.15, -0.1) is 0 Å². The third-order valence-corrected chi connectivity index (χ3v) is 4.70. The van der Waals surface area contributed by atoms with Crippen LogP contribution in [0.15, 0.2) is 48.2 Å². The van der Waals surface area contributed by atoms with E-state index >= 15 is 0 Å². The van der Waals surface area contributed by atoms with Crippen LogP contribution < -0.4 is 10.6 Å². The second-order valence-corrected chi connectivity index (χ2v) is 5.97. The number of carbonyl (C=O) groups excluding carboxylic acids is 1. The summed E-state index contributed by atoms with van der Waals surface area (Å²) in [7, 11) is 0. The van der Waals surface area contributed by atoms with Crippen molar-refractivity contribution in [2.24, 2.45) is 5.92 Å². The lowest BCUT2D eigenvalue weighted by atomic mass is 9.82. The van der Waals surface area contributed by atoms with Gasteiger partial charge in [-0.2, -0.15) is 0 Å². The number of hydrogen-bond acceptors (Lipinski definition) is 2. The van der Waals surface area contributed by atoms with Crippen molar-refractivity contribution in [1.29, 1.82) is 0 Å². The molecule has 4 unspecified atom stereocenters. The second-order valence-electron chi connectivity index (χ2n) is 5.97. The molecule has 4 rings (SSSR count). The number of carbonyl (C=O) groups is 1. The second kappa shape index (κ2) is 4.32. The highest BCUT2D eigenvalue weighted by Crippen LogP contribution is 2.46. The zero-order chi connectivity index (χ0) is 13.7. The predicted molar refractivity (Wildman–Crippen MR) is 78.1 cm³/mol. The summed E-state index contributed by atoms with van der Waals surface area (Å²) in [6.07, 6.45) is 7.58. The van der Waals surface area contributed by atoms with Gasteiger partial charge < -0.3 is 10.6 Å². The van der Waals surface area contributed by atoms with Gasteiger partial charge in [0.1, 0.15) is 0 Å². The minimum absolute atomic E-state index is 0.0112. The van der Waals surface area contributed by atoms with Crippen LogP contribution in [0.5, 0.6) is 0 Å². The van der Waals surface area contributed by atoms with E-state index < -0.39 is 0 Å². The van der Waals surface area contributed by atoms with Crippen LogP contribution in [0.25, 0.3) is 0 Å². The fourth-order valence-corrected chi connectivity index (χ4v) is 3.99. The van der Waals surface area contributed by atoms with Crippen molar-refractivity contribution in [1.82, 2.24) is 10.6 Å². The van der Waals surface area contributed by atoms with Crippen molar-refractivity contribution in [2.75, 3.05) is 0 Å². The van der Waals surface area contributed by atoms with Crippen LogP contribution >= 0.6 is 0 Å². The van der Waals surface area contributed by atoms with Crippen LogP contribution in [-0.2, 0) is 11.2 Å². The summed E-state index contributed by atoms with van der Waals surface area (Å²) in [4.78, 5) is 11.2. The van der Waals surface area contributed by atoms with Crippen LogP contribution in [0.3, 0.4) is 0 Å². The van der Waals surface area contributed by atoms with Gasteiger partial charge in [0, 0.05) is 36.5 Å². The Bertz CT molecular complexity index is 632. The molecule has 3 nitrogen and oxygen atoms in total. The molecule has 0 radical (unpaired) electrons. The summed E-state index contributed by atoms with van der Waals surface area (Å²) in [6.45, 7) is 1.55. The topological polar surface area (TPSA) is 41.1 Å². The molecule has 3 aliphatic rings. The number of hydrogen-bond donors (Lipinski definition) is 2. The third-order valence-electron chi connectivity index (χ3n) is 4.70. The summed E-state index contributed by atoms with van der Waals surface area (Å²) < 4.78 is 0. The van der Waals surface area contributed by atoms with Gasteiger partial charge in [0.2, 0.25) is 5.91 Å². The molecule has 1 aromatic carbocycles. The average Bonchev–Trinajstić information content (AvgIpc) is 2.92. The number of fused-ring (bicyclic) bond motifs is 5. The highest BCUT2D eigenvalue weighted by molar-refractivity contribution is 5.75. The average molecular weight is 266 g/mol. The molecule has 2 aliphatic carbocycles. The van der Waals surface area contributed by atoms with Crippen molar-refractivity contribution in [3.05, 3.63) is 59.3 Å². The van der Waals surface area contributed by atoms with E-state index in [1.807, 2.05) is 6.08 Å². The molecule has 1 amide bonds. The van der Waals surface area contributed by atoms with E-state index in [-0.39, 0.29) is 5.91 Å². The molecule has 1 fully saturated rings. The van der Waals surface area contributed by atoms with Crippen molar-refractivity contribution >= 4 is 5.91 Å². The lowest BCUT2D eigenvalue weighted by Gasteiger charge is -2.23. The van der Waals surface area contributed by atoms with Gasteiger partial charge in [-0.3, -0.25) is 4.79 Å². The molecule has 0 saturated carbocycles. The van der Waals surface area contributed by atoms with E-state index in [1.54, 1.807) is 6.92 Å². The highest BCUT2D eigenvalue weighted by atomic mass is 16.1. The first kappa shape index (κ1) is 11.9. The number of nitrogens with one attached hydrogen (secondary N) is 2. The smallest absolute Gasteiger partial charge is 0.221 e. The van der Waals surface area contributed by atoms with Crippen molar-refractivity contribution in [3.8, 4) is 0 Å². The highest BCUT2D eigenvalue weighted by Gasteiger charge is 2.46. The Morgan fingerprint density at radius 1 is 1.35 bits per heavy atom. The predicted octanol–water partition coefficient (Wildman–Crippen LogP) is 1.87. The minimum atomic E-state index is -0.0112. The zero-order valence-corrected chi connectivity index (χ0v) is 11.5. The van der Waals surface area contributed by atoms with E-state index in [4.69, 9.17) is 0 Å². The first-order chi connectivity index (χ1) is 9.72. The van der Waals surface area contributed by atoms with Crippen molar-refractivity contribution in [3.63, 3.8) is 0 Å². The molecule has 3 heteroatoms. The lowest BCUT2D eigenvalue weighted by molar-refractivity contribution is -0.118. The minimum Gasteiger partial charge on any atom is -0.327 e. The van der Waals surface area contributed by atoms with E-state index in [0.717, 1.165) is 12.1 Å². The van der Waals surface area contributed by atoms with Gasteiger partial charge in [-0.1, -0.05) is 30.3 Å². The van der Waals surface area contributed by atoms with Crippen LogP contribution in [0, 0.1) is 5.92 Å². The van der Waals surface area contributed by atoms with Crippen LogP contribution in [0.2, 0.25) is 0 Å². The molecule has 1 aliphatic heterocycles. The first-order valence-corrected chi connectivity index (χ1v) is 7.24. The van der Waals surface area contributed by atoms with E-state index in [9.17, 15) is 4.79 Å². The van der Waals surface area contributed by atoms with Crippen molar-refractivity contribution < 1.29 is 4.79 Å². The molecule has 1 heterocycles. The molecule has 1 aromatic rings. The largest absolute Gasteiger partial charge is 0.327 e. The number of allylic oxidation sites excluding steroid dienone is 1. The zero-order valence-electron chi connectivity index (χ0n) is 11.5. The van der Waals surface area contributed by atoms with Crippen LogP contribution in [0.1, 0.15) is 24.0 Å². The Labute approximate surface area is 118 Å². The molecular weight excluding hydrogens is 248 g/mol. The maximum Gasteiger partial charge on any atom is 0.221 e. The van der Waals surface area contributed by atoms with Crippen molar-refractivity contribution in [2.45, 2.75) is 31.3 Å². The quantitative estimate of drug-likeness (QED) is 0.815. The molecule has 0 aromatic heterocycles. The lowest BCUT2D eigenvalue weighted by Crippen LogP contribution is -2.33. The normalized spacial score (nSPS) is 33.1. The number of benzene rings is 1. The molecule has 2 N–H and O–H groups in total. The third kappa shape index (κ3) is 1.74. The number of amides is 1. The maximum absolute atomic E-state index is 11.2. The van der Waals surface area contributed by atoms with Gasteiger partial charge in [-0.25, -0.2) is 0 Å². The van der Waals surface area contributed by atoms with E-state index in [2.05, 4.69) is 47.1 Å². The Kier molecular flexibility index (Phi) is 2.57. The Morgan fingerprint density at radius 3 is 3.05 bits per heavy atom. The maximum atomic E-state index is 11.2. The van der Waals surface area contributed by atoms with Gasteiger partial charge in [0.25, 0.3) is 0 Å². The Morgan fingerprint density at radius 2 is 2.20 bits per heavy atom. The molecule has 102 valence electrons. The SMILES string of the molecule is CC(=O)NC1=CC2NC3Cc4ccccc4C3C2C=C1. The summed E-state index contributed by atoms with van der Waals surface area (Å²) in [5, 5.41) is 6.60. The number of rotatable bonds is 1. The Balaban J connectivity index is 1.63. The summed E-state index contributed by atoms with van der Waals surface area (Å²) in [5.74, 6) is 1.06. The van der Waals surface area contributed by atoms with Gasteiger partial charge in [-0.05, 0) is 29.7 Å². The molecular formula is C17H18N2O. The molecule has 0 spiro atoms. The fourth-order valence-electron chi connectivity index (χ4n) is 3.99. The van der Waals surface area contributed by atoms with Gasteiger partial charge in [0.05, 0.1) is 0 Å². The fraction of sp³-hybridized carbons (Fsp3) is 0.353. The van der Waals surface area contributed by atoms with Crippen LogP contribution in [0.4, 0.5) is 0 Å². The summed E-state index contributed by atoms with van der Waals surface area (Å²) >= 11 is 0. The van der Waals surface area contributed by atoms with E-state index in [0.29, 0.717) is 23.9 Å². The first-order valence-electron chi connectivity index (χ1n) is 7.24. The monoisotopic (exact) mass is 266 g/mol. The van der Waals surface area contributed by atoms with E-state index in [1.165, 1.54) is 11.1 Å². The Hall–Kier alpha value is -1.87. The molecule has 4 atom stereocenters. The molecule has 20 heavy (non-hydrogen) atoms. The summed E-state index contributed by atoms with van der Waals surface area (Å²) in [5.41, 5.74) is 3.90. The van der Waals surface area contributed by atoms with Crippen LogP contribution in [-0.4, -0.2) is 18.0 Å². The standard InChI is InChI=1S/C17H18N2O/c1-10(20)18-12-6-7-14-15(9-12)19-16-8-11-4-2-3-5-13(11)17(14)16/h2-7,9,14-17,19H,8H2,1H3,(H,18,20). The van der Waals surface area contributed by atoms with Gasteiger partial charge in [0.15, 0.2) is 0 Å². The van der Waals surface area contributed by atoms with Gasteiger partial charge >= 0.3 is 0 Å². The summed E-state index contributed by atoms with van der Waals surface area (Å²) in [6, 6.07) is 9.65. The molecule has 1 saturated heterocycles. The molecule has 0 bridgehead atoms.